The Labute approximate surface area is 202 Å². The summed E-state index contributed by atoms with van der Waals surface area (Å²) in [5.74, 6) is 1.14. The molecule has 1 aromatic carbocycles. The number of nitrogens with two attached hydrogens (primary N) is 1. The molecular formula is C24H28FN9O. The SMILES string of the molecule is C[C@H](Nc1cc(-c2c(N)nn3cccnc23)nc(NCCN2CCOCC2)n1)c1ccc(F)cc1. The van der Waals surface area contributed by atoms with Crippen molar-refractivity contribution in [1.29, 1.82) is 0 Å². The molecule has 1 fully saturated rings. The number of nitrogen functional groups attached to an aromatic ring is 1. The quantitative estimate of drug-likeness (QED) is 0.352. The molecule has 3 aromatic heterocycles. The topological polar surface area (TPSA) is 119 Å². The number of benzene rings is 1. The zero-order valence-electron chi connectivity index (χ0n) is 19.5. The highest BCUT2D eigenvalue weighted by Crippen LogP contribution is 2.30. The van der Waals surface area contributed by atoms with Crippen LogP contribution in [0, 0.1) is 5.82 Å². The van der Waals surface area contributed by atoms with Gasteiger partial charge in [0, 0.05) is 50.7 Å². The van der Waals surface area contributed by atoms with Gasteiger partial charge in [-0.2, -0.15) is 4.98 Å². The van der Waals surface area contributed by atoms with Crippen LogP contribution in [-0.4, -0.2) is 68.9 Å². The minimum atomic E-state index is -0.270. The zero-order valence-corrected chi connectivity index (χ0v) is 19.5. The number of rotatable bonds is 8. The van der Waals surface area contributed by atoms with Crippen molar-refractivity contribution in [1.82, 2.24) is 29.5 Å². The zero-order chi connectivity index (χ0) is 24.2. The largest absolute Gasteiger partial charge is 0.382 e. The lowest BCUT2D eigenvalue weighted by Gasteiger charge is -2.26. The van der Waals surface area contributed by atoms with Gasteiger partial charge < -0.3 is 21.1 Å². The first-order chi connectivity index (χ1) is 17.1. The third-order valence-corrected chi connectivity index (χ3v) is 5.95. The fourth-order valence-electron chi connectivity index (χ4n) is 4.09. The summed E-state index contributed by atoms with van der Waals surface area (Å²) in [6.45, 7) is 6.85. The van der Waals surface area contributed by atoms with E-state index in [1.54, 1.807) is 35.1 Å². The molecule has 0 radical (unpaired) electrons. The summed E-state index contributed by atoms with van der Waals surface area (Å²) in [6, 6.07) is 9.91. The van der Waals surface area contributed by atoms with Crippen LogP contribution in [-0.2, 0) is 4.74 Å². The number of halogens is 1. The normalized spacial score (nSPS) is 15.3. The molecule has 0 spiro atoms. The molecule has 4 aromatic rings. The summed E-state index contributed by atoms with van der Waals surface area (Å²) in [5.41, 5.74) is 9.06. The van der Waals surface area contributed by atoms with E-state index in [1.807, 2.05) is 13.0 Å². The maximum Gasteiger partial charge on any atom is 0.225 e. The van der Waals surface area contributed by atoms with Gasteiger partial charge in [0.25, 0.3) is 0 Å². The maximum absolute atomic E-state index is 13.4. The third kappa shape index (κ3) is 5.31. The van der Waals surface area contributed by atoms with Crippen molar-refractivity contribution in [3.63, 3.8) is 0 Å². The van der Waals surface area contributed by atoms with E-state index >= 15 is 0 Å². The summed E-state index contributed by atoms with van der Waals surface area (Å²) in [4.78, 5) is 16.2. The summed E-state index contributed by atoms with van der Waals surface area (Å²) in [7, 11) is 0. The highest BCUT2D eigenvalue weighted by atomic mass is 19.1. The number of nitrogens with zero attached hydrogens (tertiary/aromatic N) is 6. The third-order valence-electron chi connectivity index (χ3n) is 5.95. The Bertz CT molecular complexity index is 1290. The fraction of sp³-hybridized carbons (Fsp3) is 0.333. The number of anilines is 3. The maximum atomic E-state index is 13.4. The Morgan fingerprint density at radius 2 is 1.97 bits per heavy atom. The van der Waals surface area contributed by atoms with Crippen molar-refractivity contribution >= 4 is 23.2 Å². The lowest BCUT2D eigenvalue weighted by molar-refractivity contribution is 0.0398. The van der Waals surface area contributed by atoms with Gasteiger partial charge in [-0.25, -0.2) is 18.9 Å². The summed E-state index contributed by atoms with van der Waals surface area (Å²) in [6.07, 6.45) is 3.49. The molecule has 0 amide bonds. The van der Waals surface area contributed by atoms with Crippen LogP contribution in [0.3, 0.4) is 0 Å². The fourth-order valence-corrected chi connectivity index (χ4v) is 4.09. The summed E-state index contributed by atoms with van der Waals surface area (Å²) < 4.78 is 20.4. The molecule has 1 atom stereocenters. The average Bonchev–Trinajstić information content (AvgIpc) is 3.20. The monoisotopic (exact) mass is 477 g/mol. The number of ether oxygens (including phenoxy) is 1. The predicted molar refractivity (Wildman–Crippen MR) is 133 cm³/mol. The Hall–Kier alpha value is -3.83. The number of nitrogens with one attached hydrogen (secondary N) is 2. The second-order valence-electron chi connectivity index (χ2n) is 8.41. The molecule has 182 valence electrons. The first kappa shape index (κ1) is 22.9. The van der Waals surface area contributed by atoms with E-state index in [4.69, 9.17) is 15.5 Å². The van der Waals surface area contributed by atoms with E-state index in [1.165, 1.54) is 12.1 Å². The van der Waals surface area contributed by atoms with Gasteiger partial charge in [0.15, 0.2) is 11.5 Å². The minimum Gasteiger partial charge on any atom is -0.382 e. The second-order valence-corrected chi connectivity index (χ2v) is 8.41. The average molecular weight is 478 g/mol. The minimum absolute atomic E-state index is 0.112. The van der Waals surface area contributed by atoms with Crippen LogP contribution in [0.4, 0.5) is 22.0 Å². The van der Waals surface area contributed by atoms with Crippen LogP contribution in [0.15, 0.2) is 48.8 Å². The van der Waals surface area contributed by atoms with Crippen molar-refractivity contribution in [3.05, 3.63) is 60.2 Å². The van der Waals surface area contributed by atoms with Gasteiger partial charge >= 0.3 is 0 Å². The highest BCUT2D eigenvalue weighted by Gasteiger charge is 2.18. The Kier molecular flexibility index (Phi) is 6.68. The first-order valence-corrected chi connectivity index (χ1v) is 11.6. The van der Waals surface area contributed by atoms with Crippen LogP contribution in [0.25, 0.3) is 16.9 Å². The van der Waals surface area contributed by atoms with Crippen molar-refractivity contribution in [3.8, 4) is 11.3 Å². The molecule has 4 N–H and O–H groups in total. The van der Waals surface area contributed by atoms with Crippen LogP contribution in [0.2, 0.25) is 0 Å². The van der Waals surface area contributed by atoms with Crippen LogP contribution < -0.4 is 16.4 Å². The predicted octanol–water partition coefficient (Wildman–Crippen LogP) is 2.82. The summed E-state index contributed by atoms with van der Waals surface area (Å²) >= 11 is 0. The van der Waals surface area contributed by atoms with E-state index < -0.39 is 0 Å². The molecule has 1 aliphatic rings. The molecule has 0 saturated carbocycles. The second kappa shape index (κ2) is 10.2. The molecule has 1 saturated heterocycles. The molecule has 0 unspecified atom stereocenters. The molecule has 5 rings (SSSR count). The summed E-state index contributed by atoms with van der Waals surface area (Å²) in [5, 5.41) is 11.1. The molecule has 11 heteroatoms. The highest BCUT2D eigenvalue weighted by molar-refractivity contribution is 5.85. The van der Waals surface area contributed by atoms with Crippen molar-refractivity contribution < 1.29 is 9.13 Å². The van der Waals surface area contributed by atoms with Crippen molar-refractivity contribution in [2.45, 2.75) is 13.0 Å². The van der Waals surface area contributed by atoms with Gasteiger partial charge in [0.1, 0.15) is 11.6 Å². The van der Waals surface area contributed by atoms with Gasteiger partial charge in [0.05, 0.1) is 24.5 Å². The number of fused-ring (bicyclic) bond motifs is 1. The molecule has 0 bridgehead atoms. The van der Waals surface area contributed by atoms with Gasteiger partial charge in [0.2, 0.25) is 5.95 Å². The molecule has 10 nitrogen and oxygen atoms in total. The Morgan fingerprint density at radius 1 is 1.17 bits per heavy atom. The van der Waals surface area contributed by atoms with Gasteiger partial charge in [-0.05, 0) is 30.7 Å². The van der Waals surface area contributed by atoms with Gasteiger partial charge in [-0.15, -0.1) is 5.10 Å². The molecule has 35 heavy (non-hydrogen) atoms. The van der Waals surface area contributed by atoms with E-state index in [2.05, 4.69) is 30.6 Å². The number of aromatic nitrogens is 5. The number of morpholine rings is 1. The molecule has 0 aliphatic carbocycles. The standard InChI is InChI=1S/C24H28FN9O/c1-16(17-3-5-18(25)6-4-17)29-20-15-19(21-22(26)32-34-9-2-7-27-23(21)34)30-24(31-20)28-8-10-33-11-13-35-14-12-33/h2-7,9,15-16H,8,10-14H2,1H3,(H2,26,32)(H2,28,29,30,31)/t16-/m0/s1. The first-order valence-electron chi connectivity index (χ1n) is 11.6. The molecular weight excluding hydrogens is 449 g/mol. The van der Waals surface area contributed by atoms with Crippen LogP contribution in [0.1, 0.15) is 18.5 Å². The lowest BCUT2D eigenvalue weighted by atomic mass is 10.1. The van der Waals surface area contributed by atoms with E-state index in [-0.39, 0.29) is 11.9 Å². The van der Waals surface area contributed by atoms with Gasteiger partial charge in [-0.3, -0.25) is 4.90 Å². The smallest absolute Gasteiger partial charge is 0.225 e. The van der Waals surface area contributed by atoms with E-state index in [0.29, 0.717) is 41.0 Å². The number of hydrogen-bond donors (Lipinski definition) is 3. The van der Waals surface area contributed by atoms with Crippen molar-refractivity contribution in [2.75, 3.05) is 55.8 Å². The van der Waals surface area contributed by atoms with Gasteiger partial charge in [-0.1, -0.05) is 12.1 Å². The van der Waals surface area contributed by atoms with E-state index in [9.17, 15) is 4.39 Å². The van der Waals surface area contributed by atoms with Crippen LogP contribution in [0.5, 0.6) is 0 Å². The van der Waals surface area contributed by atoms with E-state index in [0.717, 1.165) is 38.4 Å². The number of hydrogen-bond acceptors (Lipinski definition) is 9. The molecule has 1 aliphatic heterocycles. The molecule has 4 heterocycles. The van der Waals surface area contributed by atoms with Crippen LogP contribution >= 0.6 is 0 Å². The lowest BCUT2D eigenvalue weighted by Crippen LogP contribution is -2.39. The van der Waals surface area contributed by atoms with Crippen molar-refractivity contribution in [2.24, 2.45) is 0 Å². The Morgan fingerprint density at radius 3 is 2.77 bits per heavy atom. The Balaban J connectivity index is 1.43.